The van der Waals surface area contributed by atoms with Gasteiger partial charge in [-0.2, -0.15) is 0 Å². The molecule has 5 rings (SSSR count). The standard InChI is InChI=1S/C25H29N3OS/c1-17(27-30(2)29)19-12-13-21-23(16-19)28-15-14-26-22-11-7-6-10-20(22)25(28)24(21)18-8-4-3-5-9-18/h6-7,10-13,16,18,26-27H,1,3-5,8-9,14-15H2,2H3. The van der Waals surface area contributed by atoms with Crippen molar-refractivity contribution in [2.45, 2.75) is 44.6 Å². The van der Waals surface area contributed by atoms with Crippen molar-refractivity contribution < 1.29 is 4.21 Å². The van der Waals surface area contributed by atoms with Gasteiger partial charge in [0, 0.05) is 47.2 Å². The number of benzene rings is 2. The van der Waals surface area contributed by atoms with Crippen LogP contribution < -0.4 is 10.0 Å². The van der Waals surface area contributed by atoms with Crippen molar-refractivity contribution in [1.29, 1.82) is 0 Å². The molecular weight excluding hydrogens is 390 g/mol. The van der Waals surface area contributed by atoms with E-state index in [9.17, 15) is 4.21 Å². The van der Waals surface area contributed by atoms with E-state index >= 15 is 0 Å². The first-order chi connectivity index (χ1) is 14.6. The highest BCUT2D eigenvalue weighted by molar-refractivity contribution is 7.82. The Hall–Kier alpha value is -2.53. The molecule has 0 spiro atoms. The van der Waals surface area contributed by atoms with Crippen LogP contribution in [0.15, 0.2) is 49.0 Å². The summed E-state index contributed by atoms with van der Waals surface area (Å²) in [6, 6.07) is 15.3. The van der Waals surface area contributed by atoms with Crippen LogP contribution in [0.2, 0.25) is 0 Å². The zero-order valence-corrected chi connectivity index (χ0v) is 18.4. The van der Waals surface area contributed by atoms with Gasteiger partial charge in [0.2, 0.25) is 0 Å². The molecule has 1 saturated carbocycles. The molecule has 3 aromatic rings. The second kappa shape index (κ2) is 7.95. The Morgan fingerprint density at radius 3 is 2.77 bits per heavy atom. The summed E-state index contributed by atoms with van der Waals surface area (Å²) in [5.74, 6) is 0.610. The largest absolute Gasteiger partial charge is 0.383 e. The molecule has 0 saturated heterocycles. The lowest BCUT2D eigenvalue weighted by Gasteiger charge is -2.23. The van der Waals surface area contributed by atoms with Crippen LogP contribution in [0.4, 0.5) is 5.69 Å². The van der Waals surface area contributed by atoms with E-state index in [1.54, 1.807) is 6.26 Å². The molecule has 1 aliphatic carbocycles. The predicted molar refractivity (Wildman–Crippen MR) is 128 cm³/mol. The number of hydrogen-bond donors (Lipinski definition) is 2. The molecule has 1 aliphatic heterocycles. The predicted octanol–water partition coefficient (Wildman–Crippen LogP) is 5.64. The van der Waals surface area contributed by atoms with Crippen LogP contribution in [0.3, 0.4) is 0 Å². The zero-order valence-electron chi connectivity index (χ0n) is 17.5. The third-order valence-corrected chi connectivity index (χ3v) is 7.10. The number of aromatic nitrogens is 1. The monoisotopic (exact) mass is 419 g/mol. The quantitative estimate of drug-likeness (QED) is 0.575. The van der Waals surface area contributed by atoms with E-state index in [2.05, 4.69) is 63.6 Å². The van der Waals surface area contributed by atoms with E-state index < -0.39 is 11.0 Å². The van der Waals surface area contributed by atoms with Gasteiger partial charge in [-0.3, -0.25) is 0 Å². The molecule has 0 radical (unpaired) electrons. The lowest BCUT2D eigenvalue weighted by atomic mass is 9.81. The van der Waals surface area contributed by atoms with Crippen molar-refractivity contribution in [1.82, 2.24) is 9.29 Å². The first-order valence-electron chi connectivity index (χ1n) is 10.9. The molecule has 2 heterocycles. The molecule has 2 aromatic carbocycles. The van der Waals surface area contributed by atoms with Gasteiger partial charge in [0.1, 0.15) is 11.0 Å². The van der Waals surface area contributed by atoms with Crippen LogP contribution in [0, 0.1) is 0 Å². The molecule has 1 aromatic heterocycles. The van der Waals surface area contributed by atoms with Gasteiger partial charge >= 0.3 is 0 Å². The van der Waals surface area contributed by atoms with Crippen LogP contribution in [0.5, 0.6) is 0 Å². The Balaban J connectivity index is 1.76. The van der Waals surface area contributed by atoms with Gasteiger partial charge < -0.3 is 14.6 Å². The van der Waals surface area contributed by atoms with Gasteiger partial charge in [-0.25, -0.2) is 4.21 Å². The van der Waals surface area contributed by atoms with E-state index in [4.69, 9.17) is 0 Å². The number of nitrogens with one attached hydrogen (secondary N) is 2. The third-order valence-electron chi connectivity index (χ3n) is 6.57. The fraction of sp³-hybridized carbons (Fsp3) is 0.360. The van der Waals surface area contributed by atoms with E-state index in [0.29, 0.717) is 11.6 Å². The molecule has 1 unspecified atom stereocenters. The highest BCUT2D eigenvalue weighted by Crippen LogP contribution is 2.46. The van der Waals surface area contributed by atoms with Crippen LogP contribution in [0.25, 0.3) is 27.9 Å². The molecule has 1 atom stereocenters. The number of rotatable bonds is 4. The van der Waals surface area contributed by atoms with Gasteiger partial charge in [0.15, 0.2) is 0 Å². The lowest BCUT2D eigenvalue weighted by Crippen LogP contribution is -2.13. The van der Waals surface area contributed by atoms with E-state index in [0.717, 1.165) is 18.7 Å². The fourth-order valence-corrected chi connectivity index (χ4v) is 5.73. The summed E-state index contributed by atoms with van der Waals surface area (Å²) in [6.45, 7) is 5.94. The fourth-order valence-electron chi connectivity index (χ4n) is 5.27. The maximum Gasteiger partial charge on any atom is 0.113 e. The smallest absolute Gasteiger partial charge is 0.113 e. The van der Waals surface area contributed by atoms with Crippen molar-refractivity contribution in [3.8, 4) is 11.3 Å². The number of hydrogen-bond acceptors (Lipinski definition) is 2. The molecule has 5 heteroatoms. The Bertz CT molecular complexity index is 1140. The summed E-state index contributed by atoms with van der Waals surface area (Å²) in [5.41, 5.74) is 8.39. The minimum absolute atomic E-state index is 0.610. The Morgan fingerprint density at radius 2 is 1.97 bits per heavy atom. The zero-order chi connectivity index (χ0) is 20.7. The van der Waals surface area contributed by atoms with Crippen molar-refractivity contribution in [2.75, 3.05) is 18.1 Å². The summed E-state index contributed by atoms with van der Waals surface area (Å²) in [7, 11) is -1.13. The molecule has 30 heavy (non-hydrogen) atoms. The number of para-hydroxylation sites is 1. The van der Waals surface area contributed by atoms with Crippen LogP contribution in [-0.2, 0) is 17.5 Å². The molecule has 4 nitrogen and oxygen atoms in total. The first-order valence-corrected chi connectivity index (χ1v) is 12.5. The highest BCUT2D eigenvalue weighted by Gasteiger charge is 2.28. The maximum absolute atomic E-state index is 11.6. The summed E-state index contributed by atoms with van der Waals surface area (Å²) in [5, 5.41) is 4.99. The topological polar surface area (TPSA) is 46.1 Å². The van der Waals surface area contributed by atoms with Crippen LogP contribution in [0.1, 0.15) is 49.1 Å². The van der Waals surface area contributed by atoms with Crippen molar-refractivity contribution >= 4 is 33.3 Å². The summed E-state index contributed by atoms with van der Waals surface area (Å²) in [4.78, 5) is 0. The Morgan fingerprint density at radius 1 is 1.17 bits per heavy atom. The van der Waals surface area contributed by atoms with Gasteiger partial charge in [0.05, 0.1) is 5.69 Å². The molecule has 2 N–H and O–H groups in total. The normalized spacial score (nSPS) is 17.5. The number of anilines is 1. The molecule has 0 amide bonds. The van der Waals surface area contributed by atoms with Gasteiger partial charge in [-0.15, -0.1) is 0 Å². The van der Waals surface area contributed by atoms with Gasteiger partial charge in [-0.1, -0.05) is 56.2 Å². The first kappa shape index (κ1) is 19.4. The Labute approximate surface area is 181 Å². The molecule has 156 valence electrons. The summed E-state index contributed by atoms with van der Waals surface area (Å²) < 4.78 is 17.1. The molecule has 0 bridgehead atoms. The average Bonchev–Trinajstić information content (AvgIpc) is 2.95. The van der Waals surface area contributed by atoms with E-state index in [1.165, 1.54) is 65.5 Å². The Kier molecular flexibility index (Phi) is 5.15. The second-order valence-electron chi connectivity index (χ2n) is 8.49. The number of nitrogens with zero attached hydrogens (tertiary/aromatic N) is 1. The third kappa shape index (κ3) is 3.35. The highest BCUT2D eigenvalue weighted by atomic mass is 32.2. The molecule has 2 aliphatic rings. The van der Waals surface area contributed by atoms with E-state index in [-0.39, 0.29) is 0 Å². The SMILES string of the molecule is C=C(NS(C)=O)c1ccc2c(C3CCCCC3)c3n(c2c1)CCNc1ccccc1-3. The van der Waals surface area contributed by atoms with Gasteiger partial charge in [0.25, 0.3) is 0 Å². The minimum Gasteiger partial charge on any atom is -0.383 e. The van der Waals surface area contributed by atoms with Crippen LogP contribution in [-0.4, -0.2) is 21.6 Å². The second-order valence-corrected chi connectivity index (χ2v) is 9.60. The summed E-state index contributed by atoms with van der Waals surface area (Å²) >= 11 is 0. The molecule has 1 fully saturated rings. The lowest BCUT2D eigenvalue weighted by molar-refractivity contribution is 0.445. The summed E-state index contributed by atoms with van der Waals surface area (Å²) in [6.07, 6.45) is 8.16. The average molecular weight is 420 g/mol. The molecular formula is C25H29N3OS. The van der Waals surface area contributed by atoms with Gasteiger partial charge in [-0.05, 0) is 42.0 Å². The van der Waals surface area contributed by atoms with E-state index in [1.807, 2.05) is 0 Å². The number of fused-ring (bicyclic) bond motifs is 5. The minimum atomic E-state index is -1.13. The van der Waals surface area contributed by atoms with Crippen LogP contribution >= 0.6 is 0 Å². The van der Waals surface area contributed by atoms with Crippen molar-refractivity contribution in [2.24, 2.45) is 0 Å². The maximum atomic E-state index is 11.6. The van der Waals surface area contributed by atoms with Crippen molar-refractivity contribution in [3.63, 3.8) is 0 Å². The van der Waals surface area contributed by atoms with Crippen molar-refractivity contribution in [3.05, 3.63) is 60.2 Å².